The zero-order chi connectivity index (χ0) is 20.6. The molecule has 28 heavy (non-hydrogen) atoms. The molecule has 0 saturated heterocycles. The van der Waals surface area contributed by atoms with Gasteiger partial charge in [0.15, 0.2) is 0 Å². The quantitative estimate of drug-likeness (QED) is 0.569. The van der Waals surface area contributed by atoms with Gasteiger partial charge in [-0.2, -0.15) is 0 Å². The zero-order valence-electron chi connectivity index (χ0n) is 14.6. The Morgan fingerprint density at radius 1 is 1.18 bits per heavy atom. The first kappa shape index (κ1) is 21.7. The number of benzene rings is 1. The van der Waals surface area contributed by atoms with Crippen LogP contribution in [0.2, 0.25) is 0 Å². The minimum absolute atomic E-state index is 0.0699. The van der Waals surface area contributed by atoms with Crippen molar-refractivity contribution in [2.24, 2.45) is 0 Å². The molecule has 1 heterocycles. The van der Waals surface area contributed by atoms with Crippen LogP contribution < -0.4 is 14.8 Å². The summed E-state index contributed by atoms with van der Waals surface area (Å²) in [6, 6.07) is 3.77. The minimum atomic E-state index is -4.86. The molecule has 154 valence electrons. The van der Waals surface area contributed by atoms with Crippen LogP contribution in [0.1, 0.15) is 12.8 Å². The van der Waals surface area contributed by atoms with E-state index in [9.17, 15) is 26.4 Å². The van der Waals surface area contributed by atoms with Crippen molar-refractivity contribution < 1.29 is 31.1 Å². The normalized spacial score (nSPS) is 12.0. The molecule has 0 aliphatic rings. The Labute approximate surface area is 159 Å². The van der Waals surface area contributed by atoms with Crippen molar-refractivity contribution in [2.45, 2.75) is 30.6 Å². The lowest BCUT2D eigenvalue weighted by Crippen LogP contribution is -2.31. The molecule has 2 aromatic rings. The number of aryl methyl sites for hydroxylation is 1. The van der Waals surface area contributed by atoms with Gasteiger partial charge in [-0.1, -0.05) is 0 Å². The molecule has 1 aromatic heterocycles. The van der Waals surface area contributed by atoms with Crippen LogP contribution in [-0.4, -0.2) is 43.3 Å². The number of hydrogen-bond acceptors (Lipinski definition) is 5. The average molecular weight is 420 g/mol. The summed E-state index contributed by atoms with van der Waals surface area (Å²) in [5.41, 5.74) is 0. The van der Waals surface area contributed by atoms with Crippen LogP contribution in [0.5, 0.6) is 5.75 Å². The number of carbonyl (C=O) groups excluding carboxylic acids is 1. The van der Waals surface area contributed by atoms with Crippen molar-refractivity contribution in [2.75, 3.05) is 13.1 Å². The van der Waals surface area contributed by atoms with E-state index in [4.69, 9.17) is 0 Å². The molecule has 0 aliphatic carbocycles. The van der Waals surface area contributed by atoms with Crippen LogP contribution in [0.15, 0.2) is 47.9 Å². The van der Waals surface area contributed by atoms with Crippen LogP contribution in [0.25, 0.3) is 0 Å². The maximum Gasteiger partial charge on any atom is 0.573 e. The molecular weight excluding hydrogens is 401 g/mol. The number of amides is 1. The summed E-state index contributed by atoms with van der Waals surface area (Å²) >= 11 is 0. The number of rotatable bonds is 10. The van der Waals surface area contributed by atoms with E-state index in [2.05, 4.69) is 19.8 Å². The van der Waals surface area contributed by atoms with E-state index in [1.54, 1.807) is 18.7 Å². The van der Waals surface area contributed by atoms with Gasteiger partial charge in [0.2, 0.25) is 15.9 Å². The van der Waals surface area contributed by atoms with Crippen molar-refractivity contribution in [1.82, 2.24) is 19.6 Å². The number of carbonyl (C=O) groups is 1. The summed E-state index contributed by atoms with van der Waals surface area (Å²) in [4.78, 5) is 15.4. The molecule has 0 aliphatic heterocycles. The lowest BCUT2D eigenvalue weighted by molar-refractivity contribution is -0.274. The SMILES string of the molecule is O=C(CCNS(=O)(=O)c1ccc(OC(F)(F)F)cc1)NCCCn1ccnc1. The van der Waals surface area contributed by atoms with Crippen molar-refractivity contribution >= 4 is 15.9 Å². The number of nitrogens with one attached hydrogen (secondary N) is 2. The fourth-order valence-electron chi connectivity index (χ4n) is 2.20. The summed E-state index contributed by atoms with van der Waals surface area (Å²) in [5, 5.41) is 2.67. The van der Waals surface area contributed by atoms with Crippen molar-refractivity contribution in [3.63, 3.8) is 0 Å². The Morgan fingerprint density at radius 2 is 1.89 bits per heavy atom. The summed E-state index contributed by atoms with van der Waals surface area (Å²) in [6.07, 6.45) is 0.892. The summed E-state index contributed by atoms with van der Waals surface area (Å²) in [6.45, 7) is 0.988. The van der Waals surface area contributed by atoms with E-state index < -0.39 is 22.1 Å². The Hall–Kier alpha value is -2.60. The molecule has 0 unspecified atom stereocenters. The van der Waals surface area contributed by atoms with Crippen LogP contribution in [0.4, 0.5) is 13.2 Å². The monoisotopic (exact) mass is 420 g/mol. The molecular formula is C16H19F3N4O4S. The van der Waals surface area contributed by atoms with Crippen LogP contribution >= 0.6 is 0 Å². The number of nitrogens with zero attached hydrogens (tertiary/aromatic N) is 2. The number of ether oxygens (including phenoxy) is 1. The number of alkyl halides is 3. The first-order valence-corrected chi connectivity index (χ1v) is 9.72. The Bertz CT molecular complexity index is 853. The molecule has 0 saturated carbocycles. The average Bonchev–Trinajstić information content (AvgIpc) is 3.11. The summed E-state index contributed by atoms with van der Waals surface area (Å²) in [7, 11) is -3.95. The minimum Gasteiger partial charge on any atom is -0.406 e. The topological polar surface area (TPSA) is 102 Å². The first-order chi connectivity index (χ1) is 13.2. The highest BCUT2D eigenvalue weighted by Crippen LogP contribution is 2.23. The van der Waals surface area contributed by atoms with E-state index in [1.807, 2.05) is 4.57 Å². The summed E-state index contributed by atoms with van der Waals surface area (Å²) in [5.74, 6) is -0.844. The van der Waals surface area contributed by atoms with E-state index in [1.165, 1.54) is 0 Å². The molecule has 2 N–H and O–H groups in total. The fraction of sp³-hybridized carbons (Fsp3) is 0.375. The lowest BCUT2D eigenvalue weighted by atomic mass is 10.3. The number of imidazole rings is 1. The predicted octanol–water partition coefficient (Wildman–Crippen LogP) is 1.66. The highest BCUT2D eigenvalue weighted by atomic mass is 32.2. The van der Waals surface area contributed by atoms with Gasteiger partial charge in [-0.05, 0) is 30.7 Å². The lowest BCUT2D eigenvalue weighted by Gasteiger charge is -2.10. The second-order valence-corrected chi connectivity index (χ2v) is 7.44. The largest absolute Gasteiger partial charge is 0.573 e. The van der Waals surface area contributed by atoms with Gasteiger partial charge in [0.05, 0.1) is 11.2 Å². The Kier molecular flexibility index (Phi) is 7.40. The van der Waals surface area contributed by atoms with Gasteiger partial charge in [-0.3, -0.25) is 4.79 Å². The molecule has 0 atom stereocenters. The predicted molar refractivity (Wildman–Crippen MR) is 92.8 cm³/mol. The number of halogens is 3. The summed E-state index contributed by atoms with van der Waals surface area (Å²) < 4.78 is 68.3. The number of sulfonamides is 1. The van der Waals surface area contributed by atoms with Gasteiger partial charge in [0, 0.05) is 38.4 Å². The maximum absolute atomic E-state index is 12.1. The molecule has 0 spiro atoms. The molecule has 0 bridgehead atoms. The van der Waals surface area contributed by atoms with Gasteiger partial charge >= 0.3 is 6.36 Å². The molecule has 12 heteroatoms. The molecule has 0 radical (unpaired) electrons. The number of aromatic nitrogens is 2. The molecule has 1 amide bonds. The number of hydrogen-bond donors (Lipinski definition) is 2. The highest BCUT2D eigenvalue weighted by molar-refractivity contribution is 7.89. The fourth-order valence-corrected chi connectivity index (χ4v) is 3.23. The molecule has 8 nitrogen and oxygen atoms in total. The van der Waals surface area contributed by atoms with Gasteiger partial charge in [-0.25, -0.2) is 18.1 Å². The van der Waals surface area contributed by atoms with E-state index >= 15 is 0 Å². The second-order valence-electron chi connectivity index (χ2n) is 5.67. The van der Waals surface area contributed by atoms with Crippen LogP contribution in [-0.2, 0) is 21.4 Å². The van der Waals surface area contributed by atoms with Crippen molar-refractivity contribution in [1.29, 1.82) is 0 Å². The maximum atomic E-state index is 12.1. The van der Waals surface area contributed by atoms with Crippen molar-refractivity contribution in [3.05, 3.63) is 43.0 Å². The zero-order valence-corrected chi connectivity index (χ0v) is 15.5. The third-order valence-electron chi connectivity index (χ3n) is 3.49. The Balaban J connectivity index is 1.71. The standard InChI is InChI=1S/C16H19F3N4O4S/c17-16(18,19)27-13-2-4-14(5-3-13)28(25,26)22-8-6-15(24)21-7-1-10-23-11-9-20-12-23/h2-5,9,11-12,22H,1,6-8,10H2,(H,21,24). The smallest absolute Gasteiger partial charge is 0.406 e. The van der Waals surface area contributed by atoms with Gasteiger partial charge in [0.1, 0.15) is 5.75 Å². The molecule has 0 fully saturated rings. The highest BCUT2D eigenvalue weighted by Gasteiger charge is 2.31. The molecule has 1 aromatic carbocycles. The second kappa shape index (κ2) is 9.55. The van der Waals surface area contributed by atoms with E-state index in [-0.39, 0.29) is 23.8 Å². The van der Waals surface area contributed by atoms with Crippen molar-refractivity contribution in [3.8, 4) is 5.75 Å². The van der Waals surface area contributed by atoms with Crippen LogP contribution in [0, 0.1) is 0 Å². The van der Waals surface area contributed by atoms with Gasteiger partial charge in [-0.15, -0.1) is 13.2 Å². The van der Waals surface area contributed by atoms with Gasteiger partial charge in [0.25, 0.3) is 0 Å². The van der Waals surface area contributed by atoms with E-state index in [0.717, 1.165) is 24.3 Å². The molecule has 2 rings (SSSR count). The third kappa shape index (κ3) is 7.56. The van der Waals surface area contributed by atoms with E-state index in [0.29, 0.717) is 19.5 Å². The van der Waals surface area contributed by atoms with Gasteiger partial charge < -0.3 is 14.6 Å². The first-order valence-electron chi connectivity index (χ1n) is 8.24. The third-order valence-corrected chi connectivity index (χ3v) is 4.96. The Morgan fingerprint density at radius 3 is 2.50 bits per heavy atom. The van der Waals surface area contributed by atoms with Crippen LogP contribution in [0.3, 0.4) is 0 Å².